The Morgan fingerprint density at radius 1 is 1.40 bits per heavy atom. The first-order chi connectivity index (χ1) is 4.72. The molecule has 0 radical (unpaired) electrons. The van der Waals surface area contributed by atoms with Crippen LogP contribution in [-0.4, -0.2) is 11.2 Å². The average molecular weight is 140 g/mol. The predicted molar refractivity (Wildman–Crippen MR) is 42.8 cm³/mol. The van der Waals surface area contributed by atoms with E-state index in [0.29, 0.717) is 5.92 Å². The van der Waals surface area contributed by atoms with Crippen molar-refractivity contribution < 1.29 is 5.11 Å². The van der Waals surface area contributed by atoms with Crippen LogP contribution in [0.3, 0.4) is 0 Å². The van der Waals surface area contributed by atoms with Crippen molar-refractivity contribution >= 4 is 0 Å². The maximum absolute atomic E-state index is 9.48. The highest BCUT2D eigenvalue weighted by molar-refractivity contribution is 5.00. The minimum atomic E-state index is -0.105. The van der Waals surface area contributed by atoms with Gasteiger partial charge in [-0.3, -0.25) is 0 Å². The van der Waals surface area contributed by atoms with Gasteiger partial charge in [-0.05, 0) is 19.8 Å². The number of aliphatic hydroxyl groups is 1. The zero-order valence-electron chi connectivity index (χ0n) is 6.64. The number of hydrogen-bond donors (Lipinski definition) is 1. The molecule has 0 amide bonds. The lowest BCUT2D eigenvalue weighted by molar-refractivity contribution is 0.0877. The molecular weight excluding hydrogens is 124 g/mol. The molecule has 10 heavy (non-hydrogen) atoms. The Bertz CT molecular complexity index is 129. The summed E-state index contributed by atoms with van der Waals surface area (Å²) < 4.78 is 0. The smallest absolute Gasteiger partial charge is 0.0605 e. The van der Waals surface area contributed by atoms with Crippen molar-refractivity contribution in [3.8, 4) is 0 Å². The van der Waals surface area contributed by atoms with Gasteiger partial charge in [0.2, 0.25) is 0 Å². The Kier molecular flexibility index (Phi) is 2.50. The molecule has 0 aromatic heterocycles. The van der Waals surface area contributed by atoms with E-state index in [-0.39, 0.29) is 6.10 Å². The van der Waals surface area contributed by atoms with Crippen molar-refractivity contribution in [3.63, 3.8) is 0 Å². The van der Waals surface area contributed by atoms with E-state index >= 15 is 0 Å². The van der Waals surface area contributed by atoms with Crippen LogP contribution in [0.5, 0.6) is 0 Å². The quantitative estimate of drug-likeness (QED) is 0.553. The van der Waals surface area contributed by atoms with Crippen molar-refractivity contribution in [2.24, 2.45) is 5.92 Å². The van der Waals surface area contributed by atoms with Crippen LogP contribution < -0.4 is 0 Å². The molecule has 1 saturated carbocycles. The molecule has 1 fully saturated rings. The van der Waals surface area contributed by atoms with Crippen LogP contribution in [0.2, 0.25) is 0 Å². The first-order valence-corrected chi connectivity index (χ1v) is 4.05. The van der Waals surface area contributed by atoms with Gasteiger partial charge in [0.1, 0.15) is 0 Å². The van der Waals surface area contributed by atoms with Crippen molar-refractivity contribution in [1.29, 1.82) is 0 Å². The fourth-order valence-electron chi connectivity index (χ4n) is 1.69. The van der Waals surface area contributed by atoms with E-state index in [4.69, 9.17) is 0 Å². The highest BCUT2D eigenvalue weighted by Crippen LogP contribution is 2.28. The van der Waals surface area contributed by atoms with E-state index in [1.165, 1.54) is 12.8 Å². The van der Waals surface area contributed by atoms with Gasteiger partial charge in [-0.25, -0.2) is 0 Å². The van der Waals surface area contributed by atoms with E-state index < -0.39 is 0 Å². The standard InChI is InChI=1S/C9H16O/c1-7(2)8-5-3-4-6-9(8)10/h8-10H,1,3-6H2,2H3/t8?,9-/m1/s1. The van der Waals surface area contributed by atoms with Gasteiger partial charge in [-0.1, -0.05) is 25.0 Å². The molecule has 0 heterocycles. The van der Waals surface area contributed by atoms with Crippen LogP contribution in [0.1, 0.15) is 32.6 Å². The molecule has 1 unspecified atom stereocenters. The summed E-state index contributed by atoms with van der Waals surface area (Å²) in [6.07, 6.45) is 4.44. The Balaban J connectivity index is 2.47. The molecule has 0 bridgehead atoms. The van der Waals surface area contributed by atoms with Gasteiger partial charge in [-0.15, -0.1) is 0 Å². The molecule has 2 atom stereocenters. The Hall–Kier alpha value is -0.300. The molecule has 0 saturated heterocycles. The number of rotatable bonds is 1. The zero-order valence-corrected chi connectivity index (χ0v) is 6.64. The van der Waals surface area contributed by atoms with Gasteiger partial charge in [-0.2, -0.15) is 0 Å². The summed E-state index contributed by atoms with van der Waals surface area (Å²) in [5.74, 6) is 0.383. The second-order valence-electron chi connectivity index (χ2n) is 3.30. The normalized spacial score (nSPS) is 33.8. The minimum Gasteiger partial charge on any atom is -0.393 e. The molecule has 1 aliphatic carbocycles. The fourth-order valence-corrected chi connectivity index (χ4v) is 1.69. The molecule has 0 aromatic carbocycles. The maximum atomic E-state index is 9.48. The maximum Gasteiger partial charge on any atom is 0.0605 e. The van der Waals surface area contributed by atoms with Gasteiger partial charge in [0.15, 0.2) is 0 Å². The molecule has 1 N–H and O–H groups in total. The summed E-state index contributed by atoms with van der Waals surface area (Å²) in [5, 5.41) is 9.48. The van der Waals surface area contributed by atoms with Crippen molar-refractivity contribution in [3.05, 3.63) is 12.2 Å². The van der Waals surface area contributed by atoms with Gasteiger partial charge >= 0.3 is 0 Å². The third-order valence-corrected chi connectivity index (χ3v) is 2.36. The highest BCUT2D eigenvalue weighted by atomic mass is 16.3. The van der Waals surface area contributed by atoms with Crippen LogP contribution in [0.25, 0.3) is 0 Å². The van der Waals surface area contributed by atoms with Gasteiger partial charge in [0, 0.05) is 5.92 Å². The van der Waals surface area contributed by atoms with E-state index in [1.807, 2.05) is 6.92 Å². The van der Waals surface area contributed by atoms with E-state index in [2.05, 4.69) is 6.58 Å². The Labute approximate surface area is 62.8 Å². The summed E-state index contributed by atoms with van der Waals surface area (Å²) in [6, 6.07) is 0. The summed E-state index contributed by atoms with van der Waals surface area (Å²) in [4.78, 5) is 0. The lowest BCUT2D eigenvalue weighted by atomic mass is 9.83. The topological polar surface area (TPSA) is 20.2 Å². The minimum absolute atomic E-state index is 0.105. The lowest BCUT2D eigenvalue weighted by Gasteiger charge is -2.27. The van der Waals surface area contributed by atoms with Crippen molar-refractivity contribution in [2.45, 2.75) is 38.7 Å². The molecule has 1 aliphatic rings. The highest BCUT2D eigenvalue weighted by Gasteiger charge is 2.22. The molecule has 58 valence electrons. The fraction of sp³-hybridized carbons (Fsp3) is 0.778. The largest absolute Gasteiger partial charge is 0.393 e. The van der Waals surface area contributed by atoms with Crippen LogP contribution in [-0.2, 0) is 0 Å². The second kappa shape index (κ2) is 3.20. The SMILES string of the molecule is C=C(C)C1CCCC[C@H]1O. The molecule has 0 aromatic rings. The molecule has 0 spiro atoms. The predicted octanol–water partition coefficient (Wildman–Crippen LogP) is 2.11. The Morgan fingerprint density at radius 3 is 2.40 bits per heavy atom. The van der Waals surface area contributed by atoms with Crippen LogP contribution in [0.4, 0.5) is 0 Å². The number of aliphatic hydroxyl groups excluding tert-OH is 1. The van der Waals surface area contributed by atoms with E-state index in [0.717, 1.165) is 18.4 Å². The third kappa shape index (κ3) is 1.60. The summed E-state index contributed by atoms with van der Waals surface area (Å²) in [5.41, 5.74) is 1.15. The first kappa shape index (κ1) is 7.80. The van der Waals surface area contributed by atoms with E-state index in [1.54, 1.807) is 0 Å². The van der Waals surface area contributed by atoms with Crippen molar-refractivity contribution in [1.82, 2.24) is 0 Å². The third-order valence-electron chi connectivity index (χ3n) is 2.36. The average Bonchev–Trinajstić information content (AvgIpc) is 1.88. The summed E-state index contributed by atoms with van der Waals surface area (Å²) in [7, 11) is 0. The molecule has 0 aliphatic heterocycles. The lowest BCUT2D eigenvalue weighted by Crippen LogP contribution is -2.24. The molecular formula is C9H16O. The summed E-state index contributed by atoms with van der Waals surface area (Å²) in [6.45, 7) is 5.88. The number of hydrogen-bond acceptors (Lipinski definition) is 1. The molecule has 1 nitrogen and oxygen atoms in total. The zero-order chi connectivity index (χ0) is 7.56. The van der Waals surface area contributed by atoms with Crippen LogP contribution in [0, 0.1) is 5.92 Å². The van der Waals surface area contributed by atoms with Crippen molar-refractivity contribution in [2.75, 3.05) is 0 Å². The van der Waals surface area contributed by atoms with E-state index in [9.17, 15) is 5.11 Å². The van der Waals surface area contributed by atoms with Crippen LogP contribution in [0.15, 0.2) is 12.2 Å². The van der Waals surface area contributed by atoms with Crippen LogP contribution >= 0.6 is 0 Å². The van der Waals surface area contributed by atoms with Gasteiger partial charge in [0.25, 0.3) is 0 Å². The monoisotopic (exact) mass is 140 g/mol. The van der Waals surface area contributed by atoms with Gasteiger partial charge < -0.3 is 5.11 Å². The molecule has 1 rings (SSSR count). The van der Waals surface area contributed by atoms with Gasteiger partial charge in [0.05, 0.1) is 6.10 Å². The second-order valence-corrected chi connectivity index (χ2v) is 3.30. The molecule has 1 heteroatoms. The first-order valence-electron chi connectivity index (χ1n) is 4.05. The Morgan fingerprint density at radius 2 is 2.00 bits per heavy atom. The summed E-state index contributed by atoms with van der Waals surface area (Å²) >= 11 is 0.